The van der Waals surface area contributed by atoms with Gasteiger partial charge in [-0.1, -0.05) is 38.1 Å². The Balaban J connectivity index is 0.000000195. The molecular formula is C30H40O7. The molecule has 6 rings (SSSR count). The molecule has 202 valence electrons. The predicted octanol–water partition coefficient (Wildman–Crippen LogP) is 4.40. The standard InChI is InChI=1S/C21H24O4.C9H16O3/c1-21(2,15-3-7-17(8-4-15)22-11-19-13-24-19)16-5-9-18(10-6-16)23-12-20-14-25-20;1-2-8(1)5-10-3-4-11-6-9-7-12-9/h3-10,19-20H,11-14H2,1-2H3;8-9H,1-7H2. The fourth-order valence-electron chi connectivity index (χ4n) is 3.84. The van der Waals surface area contributed by atoms with Crippen LogP contribution in [0.1, 0.15) is 37.8 Å². The monoisotopic (exact) mass is 512 g/mol. The SMILES string of the molecule is C(COCC1CO1)OCC1CC1.CC(C)(c1ccc(OCC2CO2)cc1)c1ccc(OCC2CO2)cc1. The third-order valence-corrected chi connectivity index (χ3v) is 6.96. The Morgan fingerprint density at radius 3 is 1.43 bits per heavy atom. The van der Waals surface area contributed by atoms with E-state index in [-0.39, 0.29) is 17.6 Å². The minimum Gasteiger partial charge on any atom is -0.491 e. The van der Waals surface area contributed by atoms with E-state index < -0.39 is 0 Å². The molecule has 7 heteroatoms. The molecule has 37 heavy (non-hydrogen) atoms. The second-order valence-corrected chi connectivity index (χ2v) is 10.8. The van der Waals surface area contributed by atoms with Crippen LogP contribution in [0.3, 0.4) is 0 Å². The van der Waals surface area contributed by atoms with Gasteiger partial charge in [0.25, 0.3) is 0 Å². The molecule has 3 aliphatic heterocycles. The topological polar surface area (TPSA) is 74.5 Å². The molecule has 0 N–H and O–H groups in total. The molecule has 3 atom stereocenters. The van der Waals surface area contributed by atoms with Crippen molar-refractivity contribution < 1.29 is 33.2 Å². The van der Waals surface area contributed by atoms with Crippen LogP contribution in [0, 0.1) is 5.92 Å². The molecule has 3 heterocycles. The van der Waals surface area contributed by atoms with Crippen LogP contribution in [0.5, 0.6) is 11.5 Å². The normalized spacial score (nSPS) is 23.6. The molecule has 1 saturated carbocycles. The van der Waals surface area contributed by atoms with E-state index in [1.54, 1.807) is 0 Å². The van der Waals surface area contributed by atoms with E-state index in [1.807, 2.05) is 24.3 Å². The lowest BCUT2D eigenvalue weighted by atomic mass is 9.78. The summed E-state index contributed by atoms with van der Waals surface area (Å²) < 4.78 is 37.5. The van der Waals surface area contributed by atoms with Gasteiger partial charge in [0.1, 0.15) is 43.0 Å². The first-order valence-corrected chi connectivity index (χ1v) is 13.5. The molecule has 2 aromatic rings. The van der Waals surface area contributed by atoms with E-state index >= 15 is 0 Å². The maximum absolute atomic E-state index is 5.72. The van der Waals surface area contributed by atoms with Crippen molar-refractivity contribution in [2.75, 3.05) is 59.5 Å². The smallest absolute Gasteiger partial charge is 0.119 e. The number of hydrogen-bond acceptors (Lipinski definition) is 7. The molecule has 4 fully saturated rings. The van der Waals surface area contributed by atoms with Crippen molar-refractivity contribution in [3.05, 3.63) is 59.7 Å². The zero-order valence-corrected chi connectivity index (χ0v) is 22.1. The van der Waals surface area contributed by atoms with Gasteiger partial charge < -0.3 is 33.2 Å². The highest BCUT2D eigenvalue weighted by molar-refractivity contribution is 5.41. The Morgan fingerprint density at radius 1 is 0.622 bits per heavy atom. The molecule has 7 nitrogen and oxygen atoms in total. The highest BCUT2D eigenvalue weighted by atomic mass is 16.6. The van der Waals surface area contributed by atoms with Gasteiger partial charge in [0.05, 0.1) is 39.6 Å². The molecule has 0 amide bonds. The molecule has 2 aromatic carbocycles. The summed E-state index contributed by atoms with van der Waals surface area (Å²) in [5, 5.41) is 0. The average Bonchev–Trinajstić information content (AvgIpc) is 3.73. The van der Waals surface area contributed by atoms with Gasteiger partial charge in [-0.25, -0.2) is 0 Å². The Kier molecular flexibility index (Phi) is 9.00. The zero-order chi connectivity index (χ0) is 25.5. The van der Waals surface area contributed by atoms with Crippen molar-refractivity contribution >= 4 is 0 Å². The van der Waals surface area contributed by atoms with E-state index in [1.165, 1.54) is 24.0 Å². The van der Waals surface area contributed by atoms with Gasteiger partial charge in [-0.2, -0.15) is 0 Å². The summed E-state index contributed by atoms with van der Waals surface area (Å²) in [5.41, 5.74) is 2.42. The molecule has 0 spiro atoms. The first-order valence-electron chi connectivity index (χ1n) is 13.5. The third kappa shape index (κ3) is 9.27. The van der Waals surface area contributed by atoms with Gasteiger partial charge in [0, 0.05) is 12.0 Å². The van der Waals surface area contributed by atoms with Gasteiger partial charge in [0.15, 0.2) is 0 Å². The predicted molar refractivity (Wildman–Crippen MR) is 140 cm³/mol. The lowest BCUT2D eigenvalue weighted by molar-refractivity contribution is 0.0382. The lowest BCUT2D eigenvalue weighted by Gasteiger charge is -2.26. The average molecular weight is 513 g/mol. The molecule has 4 aliphatic rings. The number of rotatable bonds is 15. The van der Waals surface area contributed by atoms with Crippen LogP contribution in [-0.4, -0.2) is 77.8 Å². The number of ether oxygens (including phenoxy) is 7. The summed E-state index contributed by atoms with van der Waals surface area (Å²) in [5.74, 6) is 2.64. The Hall–Kier alpha value is -2.16. The zero-order valence-electron chi connectivity index (χ0n) is 22.1. The van der Waals surface area contributed by atoms with E-state index in [0.29, 0.717) is 25.9 Å². The minimum absolute atomic E-state index is 0.0870. The molecule has 0 bridgehead atoms. The van der Waals surface area contributed by atoms with Crippen LogP contribution in [0.25, 0.3) is 0 Å². The van der Waals surface area contributed by atoms with Gasteiger partial charge >= 0.3 is 0 Å². The lowest BCUT2D eigenvalue weighted by Crippen LogP contribution is -2.18. The fourth-order valence-corrected chi connectivity index (χ4v) is 3.84. The van der Waals surface area contributed by atoms with E-state index in [2.05, 4.69) is 38.1 Å². The minimum atomic E-state index is -0.0870. The van der Waals surface area contributed by atoms with Gasteiger partial charge in [-0.3, -0.25) is 0 Å². The largest absolute Gasteiger partial charge is 0.491 e. The quantitative estimate of drug-likeness (QED) is 0.259. The molecular weight excluding hydrogens is 472 g/mol. The molecule has 3 unspecified atom stereocenters. The van der Waals surface area contributed by atoms with E-state index in [0.717, 1.165) is 57.1 Å². The Bertz CT molecular complexity index is 865. The van der Waals surface area contributed by atoms with Gasteiger partial charge in [-0.15, -0.1) is 0 Å². The molecule has 0 radical (unpaired) electrons. The summed E-state index contributed by atoms with van der Waals surface area (Å²) in [6, 6.07) is 16.7. The molecule has 3 saturated heterocycles. The third-order valence-electron chi connectivity index (χ3n) is 6.96. The van der Waals surface area contributed by atoms with Crippen molar-refractivity contribution in [1.82, 2.24) is 0 Å². The molecule has 0 aromatic heterocycles. The summed E-state index contributed by atoms with van der Waals surface area (Å²) >= 11 is 0. The van der Waals surface area contributed by atoms with E-state index in [4.69, 9.17) is 33.2 Å². The summed E-state index contributed by atoms with van der Waals surface area (Å²) in [7, 11) is 0. The second kappa shape index (κ2) is 12.6. The van der Waals surface area contributed by atoms with Gasteiger partial charge in [0.2, 0.25) is 0 Å². The number of benzene rings is 2. The Morgan fingerprint density at radius 2 is 1.03 bits per heavy atom. The van der Waals surface area contributed by atoms with Crippen LogP contribution in [0.4, 0.5) is 0 Å². The Labute approximate surface area is 220 Å². The molecule has 1 aliphatic carbocycles. The van der Waals surface area contributed by atoms with Crippen molar-refractivity contribution in [3.8, 4) is 11.5 Å². The fraction of sp³-hybridized carbons (Fsp3) is 0.600. The summed E-state index contributed by atoms with van der Waals surface area (Å²) in [6.45, 7) is 11.4. The first kappa shape index (κ1) is 26.4. The summed E-state index contributed by atoms with van der Waals surface area (Å²) in [6.07, 6.45) is 3.66. The van der Waals surface area contributed by atoms with Gasteiger partial charge in [-0.05, 0) is 54.2 Å². The van der Waals surface area contributed by atoms with Crippen LogP contribution >= 0.6 is 0 Å². The van der Waals surface area contributed by atoms with Crippen LogP contribution in [-0.2, 0) is 29.1 Å². The van der Waals surface area contributed by atoms with Crippen molar-refractivity contribution in [1.29, 1.82) is 0 Å². The number of epoxide rings is 3. The van der Waals surface area contributed by atoms with Crippen molar-refractivity contribution in [2.45, 2.75) is 50.4 Å². The first-order chi connectivity index (χ1) is 18.1. The van der Waals surface area contributed by atoms with E-state index in [9.17, 15) is 0 Å². The number of hydrogen-bond donors (Lipinski definition) is 0. The highest BCUT2D eigenvalue weighted by Crippen LogP contribution is 2.33. The van der Waals surface area contributed by atoms with Crippen LogP contribution < -0.4 is 9.47 Å². The second-order valence-electron chi connectivity index (χ2n) is 10.8. The maximum Gasteiger partial charge on any atom is 0.119 e. The van der Waals surface area contributed by atoms with Crippen molar-refractivity contribution in [2.24, 2.45) is 5.92 Å². The van der Waals surface area contributed by atoms with Crippen LogP contribution in [0.2, 0.25) is 0 Å². The summed E-state index contributed by atoms with van der Waals surface area (Å²) in [4.78, 5) is 0. The van der Waals surface area contributed by atoms with Crippen molar-refractivity contribution in [3.63, 3.8) is 0 Å². The highest BCUT2D eigenvalue weighted by Gasteiger charge is 2.26. The maximum atomic E-state index is 5.72. The van der Waals surface area contributed by atoms with Crippen LogP contribution in [0.15, 0.2) is 48.5 Å².